The summed E-state index contributed by atoms with van der Waals surface area (Å²) >= 11 is 1.49. The molecular weight excluding hydrogens is 286 g/mol. The minimum atomic E-state index is -3.32. The highest BCUT2D eigenvalue weighted by atomic mass is 32.2. The van der Waals surface area contributed by atoms with Gasteiger partial charge in [0.15, 0.2) is 0 Å². The number of rotatable bonds is 5. The second-order valence-corrected chi connectivity index (χ2v) is 7.21. The van der Waals surface area contributed by atoms with Crippen LogP contribution in [0.5, 0.6) is 0 Å². The molecule has 0 fully saturated rings. The molecule has 0 atom stereocenters. The van der Waals surface area contributed by atoms with Gasteiger partial charge in [-0.1, -0.05) is 6.92 Å². The molecule has 0 unspecified atom stereocenters. The predicted molar refractivity (Wildman–Crippen MR) is 76.1 cm³/mol. The molecule has 0 aliphatic rings. The number of hydrogen-bond acceptors (Lipinski definition) is 5. The lowest BCUT2D eigenvalue weighted by molar-refractivity contribution is 0.579. The lowest BCUT2D eigenvalue weighted by Gasteiger charge is -2.05. The number of thiophene rings is 1. The first-order valence-corrected chi connectivity index (χ1v) is 8.33. The van der Waals surface area contributed by atoms with Crippen molar-refractivity contribution >= 4 is 31.6 Å². The minimum absolute atomic E-state index is 0.0995. The van der Waals surface area contributed by atoms with Gasteiger partial charge in [0.05, 0.1) is 17.5 Å². The summed E-state index contributed by atoms with van der Waals surface area (Å²) in [4.78, 5) is 18.2. The van der Waals surface area contributed by atoms with Crippen LogP contribution in [0.25, 0.3) is 10.2 Å². The van der Waals surface area contributed by atoms with Gasteiger partial charge >= 0.3 is 0 Å². The number of nitrogens with zero attached hydrogens (tertiary/aromatic N) is 2. The van der Waals surface area contributed by atoms with E-state index < -0.39 is 10.0 Å². The van der Waals surface area contributed by atoms with Gasteiger partial charge in [-0.2, -0.15) is 0 Å². The number of sulfonamides is 1. The van der Waals surface area contributed by atoms with E-state index in [9.17, 15) is 13.2 Å². The zero-order valence-corrected chi connectivity index (χ0v) is 12.3. The zero-order chi connectivity index (χ0) is 14.0. The van der Waals surface area contributed by atoms with Crippen LogP contribution in [0.4, 0.5) is 0 Å². The second kappa shape index (κ2) is 5.40. The zero-order valence-electron chi connectivity index (χ0n) is 10.7. The fourth-order valence-corrected chi connectivity index (χ4v) is 3.23. The van der Waals surface area contributed by atoms with E-state index in [-0.39, 0.29) is 17.9 Å². The third-order valence-corrected chi connectivity index (χ3v) is 5.36. The van der Waals surface area contributed by atoms with Crippen LogP contribution in [-0.2, 0) is 23.0 Å². The van der Waals surface area contributed by atoms with Crippen LogP contribution in [0.2, 0.25) is 0 Å². The van der Waals surface area contributed by atoms with Gasteiger partial charge in [0.25, 0.3) is 5.56 Å². The van der Waals surface area contributed by atoms with E-state index in [1.807, 2.05) is 13.0 Å². The van der Waals surface area contributed by atoms with Crippen LogP contribution >= 0.6 is 11.3 Å². The van der Waals surface area contributed by atoms with E-state index in [0.717, 1.165) is 11.3 Å². The Morgan fingerprint density at radius 3 is 2.84 bits per heavy atom. The predicted octanol–water partition coefficient (Wildman–Crippen LogP) is 0.570. The summed E-state index contributed by atoms with van der Waals surface area (Å²) in [7, 11) is -1.97. The van der Waals surface area contributed by atoms with Gasteiger partial charge in [-0.05, 0) is 19.5 Å². The van der Waals surface area contributed by atoms with Crippen molar-refractivity contribution in [1.82, 2.24) is 14.3 Å². The molecule has 0 radical (unpaired) electrons. The van der Waals surface area contributed by atoms with Crippen molar-refractivity contribution in [2.24, 2.45) is 0 Å². The van der Waals surface area contributed by atoms with E-state index >= 15 is 0 Å². The molecule has 0 bridgehead atoms. The van der Waals surface area contributed by atoms with E-state index in [4.69, 9.17) is 0 Å². The van der Waals surface area contributed by atoms with Crippen molar-refractivity contribution in [1.29, 1.82) is 0 Å². The third-order valence-electron chi connectivity index (χ3n) is 2.83. The highest BCUT2D eigenvalue weighted by Crippen LogP contribution is 2.20. The topological polar surface area (TPSA) is 81.1 Å². The van der Waals surface area contributed by atoms with E-state index in [2.05, 4.69) is 9.71 Å². The maximum atomic E-state index is 12.2. The summed E-state index contributed by atoms with van der Waals surface area (Å²) < 4.78 is 26.3. The molecule has 0 saturated carbocycles. The van der Waals surface area contributed by atoms with E-state index in [0.29, 0.717) is 10.2 Å². The lowest BCUT2D eigenvalue weighted by atomic mass is 10.3. The quantitative estimate of drug-likeness (QED) is 0.875. The van der Waals surface area contributed by atoms with E-state index in [1.54, 1.807) is 0 Å². The number of nitrogens with one attached hydrogen (secondary N) is 1. The summed E-state index contributed by atoms with van der Waals surface area (Å²) in [6.45, 7) is 2.12. The van der Waals surface area contributed by atoms with Crippen LogP contribution in [0.15, 0.2) is 17.2 Å². The van der Waals surface area contributed by atoms with Gasteiger partial charge in [0, 0.05) is 11.4 Å². The molecule has 0 amide bonds. The Morgan fingerprint density at radius 1 is 1.47 bits per heavy atom. The Morgan fingerprint density at radius 2 is 2.21 bits per heavy atom. The van der Waals surface area contributed by atoms with Crippen LogP contribution < -0.4 is 10.3 Å². The molecule has 0 saturated heterocycles. The molecule has 2 rings (SSSR count). The SMILES string of the molecule is CCc1cc2c(=O)n(CCS(=O)(=O)NC)cnc2s1. The average molecular weight is 301 g/mol. The van der Waals surface area contributed by atoms with Crippen LogP contribution in [0.1, 0.15) is 11.8 Å². The van der Waals surface area contributed by atoms with Crippen molar-refractivity contribution in [3.63, 3.8) is 0 Å². The lowest BCUT2D eigenvalue weighted by Crippen LogP contribution is -2.28. The number of aryl methyl sites for hydroxylation is 2. The van der Waals surface area contributed by atoms with Gasteiger partial charge in [-0.3, -0.25) is 9.36 Å². The van der Waals surface area contributed by atoms with Crippen LogP contribution in [0, 0.1) is 0 Å². The third kappa shape index (κ3) is 3.02. The Bertz CT molecular complexity index is 746. The smallest absolute Gasteiger partial charge is 0.262 e. The Hall–Kier alpha value is -1.25. The van der Waals surface area contributed by atoms with Crippen molar-refractivity contribution in [2.75, 3.05) is 12.8 Å². The van der Waals surface area contributed by atoms with Crippen molar-refractivity contribution in [2.45, 2.75) is 19.9 Å². The number of aromatic nitrogens is 2. The minimum Gasteiger partial charge on any atom is -0.298 e. The largest absolute Gasteiger partial charge is 0.298 e. The maximum absolute atomic E-state index is 12.2. The first-order valence-electron chi connectivity index (χ1n) is 5.86. The summed E-state index contributed by atoms with van der Waals surface area (Å²) in [5.74, 6) is -0.138. The van der Waals surface area contributed by atoms with E-state index in [1.165, 1.54) is 29.3 Å². The van der Waals surface area contributed by atoms with Crippen molar-refractivity contribution in [3.8, 4) is 0 Å². The molecule has 0 aliphatic heterocycles. The first-order chi connectivity index (χ1) is 8.96. The van der Waals surface area contributed by atoms with Gasteiger partial charge < -0.3 is 0 Å². The van der Waals surface area contributed by atoms with Gasteiger partial charge in [0.2, 0.25) is 10.0 Å². The van der Waals surface area contributed by atoms with Crippen molar-refractivity contribution < 1.29 is 8.42 Å². The number of hydrogen-bond donors (Lipinski definition) is 1. The molecule has 8 heteroatoms. The molecule has 19 heavy (non-hydrogen) atoms. The summed E-state index contributed by atoms with van der Waals surface area (Å²) in [5.41, 5.74) is -0.188. The van der Waals surface area contributed by atoms with Crippen LogP contribution in [-0.4, -0.2) is 30.8 Å². The molecule has 2 aromatic heterocycles. The molecule has 2 aromatic rings. The molecule has 0 spiro atoms. The summed E-state index contributed by atoms with van der Waals surface area (Å²) in [6, 6.07) is 1.83. The van der Waals surface area contributed by atoms with Crippen molar-refractivity contribution in [3.05, 3.63) is 27.6 Å². The summed E-state index contributed by atoms with van der Waals surface area (Å²) in [6.07, 6.45) is 2.26. The second-order valence-electron chi connectivity index (χ2n) is 4.05. The fraction of sp³-hybridized carbons (Fsp3) is 0.455. The highest BCUT2D eigenvalue weighted by molar-refractivity contribution is 7.89. The summed E-state index contributed by atoms with van der Waals surface area (Å²) in [5, 5.41) is 0.561. The molecule has 0 aromatic carbocycles. The number of fused-ring (bicyclic) bond motifs is 1. The van der Waals surface area contributed by atoms with Crippen LogP contribution in [0.3, 0.4) is 0 Å². The Balaban J connectivity index is 2.35. The maximum Gasteiger partial charge on any atom is 0.262 e. The molecular formula is C11H15N3O3S2. The average Bonchev–Trinajstić information content (AvgIpc) is 2.82. The van der Waals surface area contributed by atoms with Gasteiger partial charge in [-0.15, -0.1) is 11.3 Å². The monoisotopic (exact) mass is 301 g/mol. The molecule has 104 valence electrons. The molecule has 2 heterocycles. The van der Waals surface area contributed by atoms with Gasteiger partial charge in [-0.25, -0.2) is 18.1 Å². The Labute approximate surface area is 115 Å². The highest BCUT2D eigenvalue weighted by Gasteiger charge is 2.11. The molecule has 6 nitrogen and oxygen atoms in total. The Kier molecular flexibility index (Phi) is 4.02. The standard InChI is InChI=1S/C11H15N3O3S2/c1-3-8-6-9-10(18-8)13-7-14(11(9)15)4-5-19(16,17)12-2/h6-7,12H,3-5H2,1-2H3. The fourth-order valence-electron chi connectivity index (χ4n) is 1.66. The first kappa shape index (κ1) is 14.2. The molecule has 1 N–H and O–H groups in total. The molecule has 0 aliphatic carbocycles. The van der Waals surface area contributed by atoms with Gasteiger partial charge in [0.1, 0.15) is 4.83 Å². The normalized spacial score (nSPS) is 12.1.